The Morgan fingerprint density at radius 1 is 1.50 bits per heavy atom. The van der Waals surface area contributed by atoms with Crippen LogP contribution in [0.5, 0.6) is 0 Å². The Morgan fingerprint density at radius 2 is 2.21 bits per heavy atom. The normalized spacial score (nSPS) is 24.5. The van der Waals surface area contributed by atoms with Crippen LogP contribution >= 0.6 is 0 Å². The molecule has 0 saturated carbocycles. The minimum absolute atomic E-state index is 0.171. The lowest BCUT2D eigenvalue weighted by Gasteiger charge is -2.26. The molecule has 0 spiro atoms. The summed E-state index contributed by atoms with van der Waals surface area (Å²) in [5.74, 6) is 0. The molecule has 0 radical (unpaired) electrons. The van der Waals surface area contributed by atoms with Gasteiger partial charge in [0.1, 0.15) is 0 Å². The molecular formula is C10H20N2O2. The first-order valence-corrected chi connectivity index (χ1v) is 5.27. The molecule has 4 heteroatoms. The van der Waals surface area contributed by atoms with Gasteiger partial charge in [0.25, 0.3) is 0 Å². The fourth-order valence-electron chi connectivity index (χ4n) is 1.85. The van der Waals surface area contributed by atoms with E-state index in [0.29, 0.717) is 6.61 Å². The van der Waals surface area contributed by atoms with Crippen LogP contribution < -0.4 is 0 Å². The van der Waals surface area contributed by atoms with Crippen molar-refractivity contribution in [2.24, 2.45) is 0 Å². The molecule has 1 aliphatic heterocycles. The van der Waals surface area contributed by atoms with Gasteiger partial charge >= 0.3 is 6.09 Å². The number of rotatable bonds is 1. The third kappa shape index (κ3) is 2.87. The van der Waals surface area contributed by atoms with E-state index in [1.165, 1.54) is 0 Å². The number of likely N-dealkylation sites (N-methyl/N-ethyl adjacent to an activating group) is 1. The van der Waals surface area contributed by atoms with Gasteiger partial charge in [0.2, 0.25) is 0 Å². The van der Waals surface area contributed by atoms with Crippen molar-refractivity contribution < 1.29 is 9.53 Å². The van der Waals surface area contributed by atoms with Crippen LogP contribution in [-0.4, -0.2) is 55.2 Å². The molecule has 1 rings (SSSR count). The maximum Gasteiger partial charge on any atom is 0.410 e. The minimum atomic E-state index is -0.171. The lowest BCUT2D eigenvalue weighted by atomic mass is 10.3. The van der Waals surface area contributed by atoms with Gasteiger partial charge in [-0.3, -0.25) is 0 Å². The van der Waals surface area contributed by atoms with Gasteiger partial charge in [0.05, 0.1) is 6.61 Å². The van der Waals surface area contributed by atoms with Gasteiger partial charge in [-0.1, -0.05) is 0 Å². The summed E-state index contributed by atoms with van der Waals surface area (Å²) in [6, 6.07) is 0.251. The van der Waals surface area contributed by atoms with Crippen LogP contribution in [0.4, 0.5) is 4.79 Å². The van der Waals surface area contributed by atoms with Crippen LogP contribution in [0.3, 0.4) is 0 Å². The molecular weight excluding hydrogens is 180 g/mol. The van der Waals surface area contributed by atoms with Crippen molar-refractivity contribution in [3.63, 3.8) is 0 Å². The molecule has 1 heterocycles. The summed E-state index contributed by atoms with van der Waals surface area (Å²) >= 11 is 0. The highest BCUT2D eigenvalue weighted by atomic mass is 16.6. The van der Waals surface area contributed by atoms with Gasteiger partial charge < -0.3 is 14.5 Å². The zero-order chi connectivity index (χ0) is 10.6. The third-order valence-electron chi connectivity index (χ3n) is 2.55. The Bertz CT molecular complexity index is 197. The largest absolute Gasteiger partial charge is 0.450 e. The van der Waals surface area contributed by atoms with E-state index in [9.17, 15) is 4.79 Å². The molecule has 1 amide bonds. The molecule has 0 aromatic carbocycles. The second-order valence-corrected chi connectivity index (χ2v) is 3.86. The summed E-state index contributed by atoms with van der Waals surface area (Å²) in [6.07, 6.45) is 0.856. The van der Waals surface area contributed by atoms with Crippen LogP contribution in [0.2, 0.25) is 0 Å². The second-order valence-electron chi connectivity index (χ2n) is 3.86. The molecule has 0 N–H and O–H groups in total. The number of nitrogens with zero attached hydrogens (tertiary/aromatic N) is 2. The highest BCUT2D eigenvalue weighted by Crippen LogP contribution is 2.09. The van der Waals surface area contributed by atoms with Gasteiger partial charge in [-0.2, -0.15) is 0 Å². The van der Waals surface area contributed by atoms with Crippen LogP contribution in [-0.2, 0) is 4.74 Å². The number of ether oxygens (including phenoxy) is 1. The smallest absolute Gasteiger partial charge is 0.410 e. The van der Waals surface area contributed by atoms with Gasteiger partial charge in [-0.15, -0.1) is 0 Å². The predicted octanol–water partition coefficient (Wildman–Crippen LogP) is 1.17. The molecule has 0 aromatic rings. The first-order valence-electron chi connectivity index (χ1n) is 5.27. The van der Waals surface area contributed by atoms with Crippen molar-refractivity contribution in [1.82, 2.24) is 9.80 Å². The zero-order valence-corrected chi connectivity index (χ0v) is 9.32. The zero-order valence-electron chi connectivity index (χ0n) is 9.32. The summed E-state index contributed by atoms with van der Waals surface area (Å²) in [4.78, 5) is 15.6. The van der Waals surface area contributed by atoms with Gasteiger partial charge in [-0.05, 0) is 33.9 Å². The fourth-order valence-corrected chi connectivity index (χ4v) is 1.85. The first-order chi connectivity index (χ1) is 6.65. The lowest BCUT2D eigenvalue weighted by molar-refractivity contribution is 0.0938. The van der Waals surface area contributed by atoms with Crippen molar-refractivity contribution in [2.45, 2.75) is 26.3 Å². The van der Waals surface area contributed by atoms with E-state index >= 15 is 0 Å². The molecule has 0 aliphatic carbocycles. The van der Waals surface area contributed by atoms with Crippen LogP contribution in [0, 0.1) is 0 Å². The number of hydrogen-bond donors (Lipinski definition) is 0. The maximum absolute atomic E-state index is 11.6. The highest BCUT2D eigenvalue weighted by Gasteiger charge is 2.24. The number of hydrogen-bond acceptors (Lipinski definition) is 3. The SMILES string of the molecule is CCOC(=O)N1CCCN(C)CC1C. The number of carbonyl (C=O) groups is 1. The summed E-state index contributed by atoms with van der Waals surface area (Å²) in [7, 11) is 2.09. The van der Waals surface area contributed by atoms with Crippen molar-refractivity contribution in [3.05, 3.63) is 0 Å². The van der Waals surface area contributed by atoms with Gasteiger partial charge in [-0.25, -0.2) is 4.79 Å². The molecule has 1 saturated heterocycles. The topological polar surface area (TPSA) is 32.8 Å². The molecule has 4 nitrogen and oxygen atoms in total. The lowest BCUT2D eigenvalue weighted by Crippen LogP contribution is -2.42. The quantitative estimate of drug-likeness (QED) is 0.637. The Labute approximate surface area is 85.8 Å². The predicted molar refractivity (Wildman–Crippen MR) is 55.3 cm³/mol. The molecule has 1 aliphatic rings. The van der Waals surface area contributed by atoms with E-state index in [1.54, 1.807) is 0 Å². The average Bonchev–Trinajstić information content (AvgIpc) is 2.27. The van der Waals surface area contributed by atoms with E-state index in [4.69, 9.17) is 4.74 Å². The molecule has 0 aromatic heterocycles. The summed E-state index contributed by atoms with van der Waals surface area (Å²) in [5.41, 5.74) is 0. The van der Waals surface area contributed by atoms with Crippen LogP contribution in [0.25, 0.3) is 0 Å². The monoisotopic (exact) mass is 200 g/mol. The Morgan fingerprint density at radius 3 is 2.86 bits per heavy atom. The molecule has 0 bridgehead atoms. The first kappa shape index (κ1) is 11.3. The van der Waals surface area contributed by atoms with Crippen LogP contribution in [0.1, 0.15) is 20.3 Å². The van der Waals surface area contributed by atoms with E-state index < -0.39 is 0 Å². The third-order valence-corrected chi connectivity index (χ3v) is 2.55. The Balaban J connectivity index is 2.53. The number of amides is 1. The van der Waals surface area contributed by atoms with Gasteiger partial charge in [0.15, 0.2) is 0 Å². The van der Waals surface area contributed by atoms with Crippen molar-refractivity contribution >= 4 is 6.09 Å². The van der Waals surface area contributed by atoms with Crippen molar-refractivity contribution in [2.75, 3.05) is 33.3 Å². The van der Waals surface area contributed by atoms with E-state index in [0.717, 1.165) is 26.1 Å². The van der Waals surface area contributed by atoms with Crippen molar-refractivity contribution in [1.29, 1.82) is 0 Å². The van der Waals surface area contributed by atoms with Crippen molar-refractivity contribution in [3.8, 4) is 0 Å². The van der Waals surface area contributed by atoms with Crippen LogP contribution in [0.15, 0.2) is 0 Å². The fraction of sp³-hybridized carbons (Fsp3) is 0.900. The molecule has 82 valence electrons. The average molecular weight is 200 g/mol. The number of carbonyl (C=O) groups excluding carboxylic acids is 1. The standard InChI is InChI=1S/C10H20N2O2/c1-4-14-10(13)12-7-5-6-11(3)8-9(12)2/h9H,4-8H2,1-3H3. The Kier molecular flexibility index (Phi) is 4.20. The highest BCUT2D eigenvalue weighted by molar-refractivity contribution is 5.68. The molecule has 1 unspecified atom stereocenters. The molecule has 1 fully saturated rings. The molecule has 14 heavy (non-hydrogen) atoms. The summed E-state index contributed by atoms with van der Waals surface area (Å²) < 4.78 is 5.01. The summed E-state index contributed by atoms with van der Waals surface area (Å²) in [5, 5.41) is 0. The molecule has 1 atom stereocenters. The minimum Gasteiger partial charge on any atom is -0.450 e. The maximum atomic E-state index is 11.6. The summed E-state index contributed by atoms with van der Waals surface area (Å²) in [6.45, 7) is 7.16. The van der Waals surface area contributed by atoms with E-state index in [-0.39, 0.29) is 12.1 Å². The van der Waals surface area contributed by atoms with E-state index in [2.05, 4.69) is 18.9 Å². The van der Waals surface area contributed by atoms with E-state index in [1.807, 2.05) is 11.8 Å². The Hall–Kier alpha value is -0.770. The second kappa shape index (κ2) is 5.20. The van der Waals surface area contributed by atoms with Gasteiger partial charge in [0, 0.05) is 19.1 Å².